The molecule has 3 nitrogen and oxygen atoms in total. The lowest BCUT2D eigenvalue weighted by Gasteiger charge is -2.21. The van der Waals surface area contributed by atoms with Crippen molar-refractivity contribution in [3.63, 3.8) is 0 Å². The Kier molecular flexibility index (Phi) is 4.56. The standard InChI is InChI=1S/C12H18F3N3/c1-8(2)10-4-9(6-16)5-11(17-10)18(3)7-12(13,14)15/h4-5,8H,6-7,16H2,1-3H3. The van der Waals surface area contributed by atoms with Gasteiger partial charge in [0.15, 0.2) is 0 Å². The quantitative estimate of drug-likeness (QED) is 0.906. The third-order valence-electron chi connectivity index (χ3n) is 2.53. The Morgan fingerprint density at radius 3 is 2.39 bits per heavy atom. The fraction of sp³-hybridized carbons (Fsp3) is 0.583. The maximum atomic E-state index is 12.3. The summed E-state index contributed by atoms with van der Waals surface area (Å²) < 4.78 is 37.0. The number of halogens is 3. The number of hydrogen-bond donors (Lipinski definition) is 1. The van der Waals surface area contributed by atoms with Gasteiger partial charge in [-0.2, -0.15) is 13.2 Å². The molecule has 0 amide bonds. The minimum atomic E-state index is -4.24. The van der Waals surface area contributed by atoms with Crippen LogP contribution < -0.4 is 10.6 Å². The summed E-state index contributed by atoms with van der Waals surface area (Å²) in [6.45, 7) is 3.15. The van der Waals surface area contributed by atoms with Crippen LogP contribution in [0.25, 0.3) is 0 Å². The topological polar surface area (TPSA) is 42.1 Å². The molecule has 0 bridgehead atoms. The molecule has 0 spiro atoms. The third kappa shape index (κ3) is 4.18. The van der Waals surface area contributed by atoms with Crippen molar-refractivity contribution >= 4 is 5.82 Å². The van der Waals surface area contributed by atoms with Gasteiger partial charge < -0.3 is 10.6 Å². The highest BCUT2D eigenvalue weighted by Gasteiger charge is 2.30. The molecule has 0 aromatic carbocycles. The molecule has 1 aromatic rings. The van der Waals surface area contributed by atoms with E-state index in [0.29, 0.717) is 5.82 Å². The van der Waals surface area contributed by atoms with Crippen LogP contribution in [0.2, 0.25) is 0 Å². The summed E-state index contributed by atoms with van der Waals surface area (Å²) >= 11 is 0. The molecule has 0 aliphatic heterocycles. The smallest absolute Gasteiger partial charge is 0.351 e. The van der Waals surface area contributed by atoms with Crippen molar-refractivity contribution in [1.29, 1.82) is 0 Å². The summed E-state index contributed by atoms with van der Waals surface area (Å²) in [6.07, 6.45) is -4.24. The number of alkyl halides is 3. The molecular weight excluding hydrogens is 243 g/mol. The number of nitrogens with zero attached hydrogens (tertiary/aromatic N) is 2. The van der Waals surface area contributed by atoms with E-state index in [-0.39, 0.29) is 12.5 Å². The van der Waals surface area contributed by atoms with Crippen LogP contribution in [0, 0.1) is 0 Å². The molecule has 0 unspecified atom stereocenters. The number of hydrogen-bond acceptors (Lipinski definition) is 3. The van der Waals surface area contributed by atoms with E-state index in [9.17, 15) is 13.2 Å². The van der Waals surface area contributed by atoms with Gasteiger partial charge in [-0.3, -0.25) is 0 Å². The lowest BCUT2D eigenvalue weighted by atomic mass is 10.1. The van der Waals surface area contributed by atoms with Crippen LogP contribution in [0.15, 0.2) is 12.1 Å². The molecule has 0 aliphatic rings. The van der Waals surface area contributed by atoms with Gasteiger partial charge in [-0.1, -0.05) is 13.8 Å². The molecule has 2 N–H and O–H groups in total. The molecule has 0 aliphatic carbocycles. The molecule has 0 radical (unpaired) electrons. The van der Waals surface area contributed by atoms with Crippen LogP contribution in [0.5, 0.6) is 0 Å². The van der Waals surface area contributed by atoms with E-state index in [1.807, 2.05) is 19.9 Å². The molecule has 1 aromatic heterocycles. The van der Waals surface area contributed by atoms with E-state index < -0.39 is 12.7 Å². The molecule has 1 rings (SSSR count). The summed E-state index contributed by atoms with van der Waals surface area (Å²) in [6, 6.07) is 3.42. The zero-order valence-corrected chi connectivity index (χ0v) is 10.8. The molecule has 102 valence electrons. The Morgan fingerprint density at radius 1 is 1.33 bits per heavy atom. The largest absolute Gasteiger partial charge is 0.405 e. The van der Waals surface area contributed by atoms with E-state index in [1.165, 1.54) is 7.05 Å². The van der Waals surface area contributed by atoms with Crippen molar-refractivity contribution in [1.82, 2.24) is 4.98 Å². The van der Waals surface area contributed by atoms with Crippen molar-refractivity contribution < 1.29 is 13.2 Å². The Labute approximate surface area is 105 Å². The summed E-state index contributed by atoms with van der Waals surface area (Å²) in [4.78, 5) is 5.32. The SMILES string of the molecule is CC(C)c1cc(CN)cc(N(C)CC(F)(F)F)n1. The van der Waals surface area contributed by atoms with E-state index in [4.69, 9.17) is 5.73 Å². The van der Waals surface area contributed by atoms with Gasteiger partial charge in [0.1, 0.15) is 12.4 Å². The van der Waals surface area contributed by atoms with E-state index >= 15 is 0 Å². The van der Waals surface area contributed by atoms with Gasteiger partial charge in [-0.25, -0.2) is 4.98 Å². The van der Waals surface area contributed by atoms with E-state index in [0.717, 1.165) is 16.2 Å². The van der Waals surface area contributed by atoms with E-state index in [2.05, 4.69) is 4.98 Å². The molecule has 1 heterocycles. The van der Waals surface area contributed by atoms with Crippen molar-refractivity contribution in [2.24, 2.45) is 5.73 Å². The summed E-state index contributed by atoms with van der Waals surface area (Å²) in [7, 11) is 1.38. The number of nitrogens with two attached hydrogens (primary N) is 1. The zero-order chi connectivity index (χ0) is 13.9. The van der Waals surface area contributed by atoms with Gasteiger partial charge in [-0.05, 0) is 23.6 Å². The maximum absolute atomic E-state index is 12.3. The molecular formula is C12H18F3N3. The highest BCUT2D eigenvalue weighted by atomic mass is 19.4. The second kappa shape index (κ2) is 5.56. The normalized spacial score (nSPS) is 12.0. The first-order chi connectivity index (χ1) is 8.23. The van der Waals surface area contributed by atoms with Gasteiger partial charge >= 0.3 is 6.18 Å². The number of anilines is 1. The summed E-state index contributed by atoms with van der Waals surface area (Å²) in [5.74, 6) is 0.452. The minimum Gasteiger partial charge on any atom is -0.351 e. The van der Waals surface area contributed by atoms with Gasteiger partial charge in [0, 0.05) is 19.3 Å². The second-order valence-electron chi connectivity index (χ2n) is 4.59. The molecule has 0 saturated heterocycles. The van der Waals surface area contributed by atoms with E-state index in [1.54, 1.807) is 6.07 Å². The Morgan fingerprint density at radius 2 is 1.94 bits per heavy atom. The monoisotopic (exact) mass is 261 g/mol. The van der Waals surface area contributed by atoms with Crippen molar-refractivity contribution in [3.8, 4) is 0 Å². The average molecular weight is 261 g/mol. The summed E-state index contributed by atoms with van der Waals surface area (Å²) in [5.41, 5.74) is 7.09. The van der Waals surface area contributed by atoms with Gasteiger partial charge in [0.2, 0.25) is 0 Å². The molecule has 6 heteroatoms. The van der Waals surface area contributed by atoms with Crippen LogP contribution in [-0.2, 0) is 6.54 Å². The lowest BCUT2D eigenvalue weighted by molar-refractivity contribution is -0.119. The number of pyridine rings is 1. The third-order valence-corrected chi connectivity index (χ3v) is 2.53. The fourth-order valence-corrected chi connectivity index (χ4v) is 1.55. The fourth-order valence-electron chi connectivity index (χ4n) is 1.55. The van der Waals surface area contributed by atoms with Crippen LogP contribution >= 0.6 is 0 Å². The zero-order valence-electron chi connectivity index (χ0n) is 10.8. The number of aromatic nitrogens is 1. The first kappa shape index (κ1) is 14.8. The Hall–Kier alpha value is -1.30. The minimum absolute atomic E-state index is 0.148. The van der Waals surface area contributed by atoms with Crippen LogP contribution in [0.3, 0.4) is 0 Å². The summed E-state index contributed by atoms with van der Waals surface area (Å²) in [5, 5.41) is 0. The first-order valence-corrected chi connectivity index (χ1v) is 5.71. The van der Waals surface area contributed by atoms with Crippen LogP contribution in [0.4, 0.5) is 19.0 Å². The molecule has 0 fully saturated rings. The Bertz CT molecular complexity index is 402. The average Bonchev–Trinajstić information content (AvgIpc) is 2.26. The van der Waals surface area contributed by atoms with Crippen LogP contribution in [-0.4, -0.2) is 24.8 Å². The van der Waals surface area contributed by atoms with Crippen molar-refractivity contribution in [3.05, 3.63) is 23.4 Å². The predicted octanol–water partition coefficient (Wildman–Crippen LogP) is 2.66. The van der Waals surface area contributed by atoms with Crippen LogP contribution in [0.1, 0.15) is 31.0 Å². The first-order valence-electron chi connectivity index (χ1n) is 5.71. The maximum Gasteiger partial charge on any atom is 0.405 e. The Balaban J connectivity index is 3.04. The van der Waals surface area contributed by atoms with Crippen molar-refractivity contribution in [2.75, 3.05) is 18.5 Å². The van der Waals surface area contributed by atoms with Crippen molar-refractivity contribution in [2.45, 2.75) is 32.5 Å². The highest BCUT2D eigenvalue weighted by molar-refractivity contribution is 5.42. The molecule has 0 atom stereocenters. The van der Waals surface area contributed by atoms with Gasteiger partial charge in [-0.15, -0.1) is 0 Å². The predicted molar refractivity (Wildman–Crippen MR) is 65.5 cm³/mol. The molecule has 0 saturated carbocycles. The number of rotatable bonds is 4. The van der Waals surface area contributed by atoms with Gasteiger partial charge in [0.25, 0.3) is 0 Å². The highest BCUT2D eigenvalue weighted by Crippen LogP contribution is 2.23. The molecule has 18 heavy (non-hydrogen) atoms. The van der Waals surface area contributed by atoms with Gasteiger partial charge in [0.05, 0.1) is 0 Å². The second-order valence-corrected chi connectivity index (χ2v) is 4.59. The lowest BCUT2D eigenvalue weighted by Crippen LogP contribution is -2.31.